The second-order valence-electron chi connectivity index (χ2n) is 5.00. The standard InChI is InChI=1S/C13H25N3S/c1-2-6-12-11-15-13(17-12)14-7-10-16-8-4-3-5-9-16/h12H,2-11H2,1H3,(H,14,15). The lowest BCUT2D eigenvalue weighted by Gasteiger charge is -2.26. The number of likely N-dealkylation sites (tertiary alicyclic amines) is 1. The minimum Gasteiger partial charge on any atom is -0.364 e. The van der Waals surface area contributed by atoms with Crippen molar-refractivity contribution in [3.05, 3.63) is 0 Å². The van der Waals surface area contributed by atoms with Gasteiger partial charge in [-0.25, -0.2) is 0 Å². The van der Waals surface area contributed by atoms with Gasteiger partial charge in [0.1, 0.15) is 0 Å². The van der Waals surface area contributed by atoms with E-state index < -0.39 is 0 Å². The van der Waals surface area contributed by atoms with Crippen molar-refractivity contribution in [1.82, 2.24) is 10.2 Å². The van der Waals surface area contributed by atoms with Crippen molar-refractivity contribution in [3.8, 4) is 0 Å². The number of thioether (sulfide) groups is 1. The molecule has 0 spiro atoms. The SMILES string of the molecule is CCCC1CN=C(NCCN2CCCCC2)S1. The molecule has 2 aliphatic heterocycles. The molecule has 0 aliphatic carbocycles. The summed E-state index contributed by atoms with van der Waals surface area (Å²) >= 11 is 1.94. The Morgan fingerprint density at radius 1 is 1.35 bits per heavy atom. The molecule has 0 radical (unpaired) electrons. The van der Waals surface area contributed by atoms with E-state index >= 15 is 0 Å². The van der Waals surface area contributed by atoms with Crippen LogP contribution in [-0.2, 0) is 0 Å². The zero-order valence-corrected chi connectivity index (χ0v) is 11.8. The van der Waals surface area contributed by atoms with E-state index in [2.05, 4.69) is 22.1 Å². The second kappa shape index (κ2) is 7.27. The van der Waals surface area contributed by atoms with Gasteiger partial charge in [0.05, 0.1) is 6.54 Å². The molecule has 1 unspecified atom stereocenters. The predicted molar refractivity (Wildman–Crippen MR) is 76.9 cm³/mol. The summed E-state index contributed by atoms with van der Waals surface area (Å²) in [5.74, 6) is 0. The molecule has 0 saturated carbocycles. The summed E-state index contributed by atoms with van der Waals surface area (Å²) in [5, 5.41) is 5.40. The van der Waals surface area contributed by atoms with Crippen LogP contribution < -0.4 is 5.32 Å². The van der Waals surface area contributed by atoms with E-state index in [1.54, 1.807) is 0 Å². The molecule has 1 atom stereocenters. The first kappa shape index (κ1) is 13.2. The van der Waals surface area contributed by atoms with Crippen molar-refractivity contribution >= 4 is 16.9 Å². The molecule has 3 nitrogen and oxygen atoms in total. The molecule has 0 aromatic heterocycles. The lowest BCUT2D eigenvalue weighted by molar-refractivity contribution is 0.232. The van der Waals surface area contributed by atoms with Crippen molar-refractivity contribution in [2.75, 3.05) is 32.7 Å². The maximum atomic E-state index is 4.57. The summed E-state index contributed by atoms with van der Waals surface area (Å²) in [6, 6.07) is 0. The highest BCUT2D eigenvalue weighted by molar-refractivity contribution is 8.14. The maximum Gasteiger partial charge on any atom is 0.156 e. The maximum absolute atomic E-state index is 4.57. The monoisotopic (exact) mass is 255 g/mol. The van der Waals surface area contributed by atoms with Gasteiger partial charge < -0.3 is 10.2 Å². The molecule has 0 aromatic rings. The van der Waals surface area contributed by atoms with Crippen molar-refractivity contribution in [3.63, 3.8) is 0 Å². The average Bonchev–Trinajstić information content (AvgIpc) is 2.79. The molecule has 1 saturated heterocycles. The molecule has 2 heterocycles. The van der Waals surface area contributed by atoms with Gasteiger partial charge in [-0.1, -0.05) is 31.5 Å². The van der Waals surface area contributed by atoms with Crippen LogP contribution in [0.3, 0.4) is 0 Å². The van der Waals surface area contributed by atoms with E-state index in [-0.39, 0.29) is 0 Å². The number of hydrogen-bond donors (Lipinski definition) is 1. The van der Waals surface area contributed by atoms with Crippen LogP contribution in [-0.4, -0.2) is 48.0 Å². The number of nitrogens with one attached hydrogen (secondary N) is 1. The van der Waals surface area contributed by atoms with Crippen LogP contribution in [0.2, 0.25) is 0 Å². The van der Waals surface area contributed by atoms with Crippen LogP contribution in [0.25, 0.3) is 0 Å². The van der Waals surface area contributed by atoms with E-state index in [1.165, 1.54) is 56.9 Å². The highest BCUT2D eigenvalue weighted by atomic mass is 32.2. The van der Waals surface area contributed by atoms with Crippen LogP contribution in [0.1, 0.15) is 39.0 Å². The fourth-order valence-electron chi connectivity index (χ4n) is 2.49. The third-order valence-electron chi connectivity index (χ3n) is 3.48. The highest BCUT2D eigenvalue weighted by Gasteiger charge is 2.18. The Kier molecular flexibility index (Phi) is 5.65. The first-order chi connectivity index (χ1) is 8.38. The number of nitrogens with zero attached hydrogens (tertiary/aromatic N) is 2. The smallest absolute Gasteiger partial charge is 0.156 e. The van der Waals surface area contributed by atoms with Crippen molar-refractivity contribution in [2.45, 2.75) is 44.3 Å². The minimum absolute atomic E-state index is 0.734. The summed E-state index contributed by atoms with van der Waals surface area (Å²) in [6.07, 6.45) is 6.76. The van der Waals surface area contributed by atoms with E-state index in [0.29, 0.717) is 0 Å². The van der Waals surface area contributed by atoms with Crippen LogP contribution >= 0.6 is 11.8 Å². The molecular formula is C13H25N3S. The Balaban J connectivity index is 1.56. The van der Waals surface area contributed by atoms with Gasteiger partial charge in [-0.3, -0.25) is 4.99 Å². The van der Waals surface area contributed by atoms with Gasteiger partial charge in [0.2, 0.25) is 0 Å². The molecule has 0 amide bonds. The zero-order chi connectivity index (χ0) is 11.9. The van der Waals surface area contributed by atoms with Crippen LogP contribution in [0.4, 0.5) is 0 Å². The quantitative estimate of drug-likeness (QED) is 0.817. The Bertz CT molecular complexity index is 249. The number of rotatable bonds is 5. The number of piperidine rings is 1. The lowest BCUT2D eigenvalue weighted by atomic mass is 10.1. The van der Waals surface area contributed by atoms with Gasteiger partial charge >= 0.3 is 0 Å². The summed E-state index contributed by atoms with van der Waals surface area (Å²) in [6.45, 7) is 8.09. The van der Waals surface area contributed by atoms with Crippen molar-refractivity contribution < 1.29 is 0 Å². The molecule has 0 aromatic carbocycles. The Morgan fingerprint density at radius 2 is 2.18 bits per heavy atom. The molecule has 17 heavy (non-hydrogen) atoms. The van der Waals surface area contributed by atoms with Crippen molar-refractivity contribution in [1.29, 1.82) is 0 Å². The highest BCUT2D eigenvalue weighted by Crippen LogP contribution is 2.23. The topological polar surface area (TPSA) is 27.6 Å². The molecule has 4 heteroatoms. The summed E-state index contributed by atoms with van der Waals surface area (Å²) in [5.41, 5.74) is 0. The molecule has 1 fully saturated rings. The van der Waals surface area contributed by atoms with E-state index in [1.807, 2.05) is 11.8 Å². The van der Waals surface area contributed by atoms with Gasteiger partial charge in [0, 0.05) is 18.3 Å². The number of aliphatic imine (C=N–C) groups is 1. The van der Waals surface area contributed by atoms with Gasteiger partial charge in [-0.2, -0.15) is 0 Å². The van der Waals surface area contributed by atoms with Gasteiger partial charge in [-0.05, 0) is 32.4 Å². The third kappa shape index (κ3) is 4.51. The van der Waals surface area contributed by atoms with Gasteiger partial charge in [0.25, 0.3) is 0 Å². The normalized spacial score (nSPS) is 25.9. The molecule has 0 bridgehead atoms. The lowest BCUT2D eigenvalue weighted by Crippen LogP contribution is -2.36. The third-order valence-corrected chi connectivity index (χ3v) is 4.70. The Hall–Kier alpha value is -0.220. The summed E-state index contributed by atoms with van der Waals surface area (Å²) in [4.78, 5) is 7.14. The largest absolute Gasteiger partial charge is 0.364 e. The van der Waals surface area contributed by atoms with Gasteiger partial charge in [-0.15, -0.1) is 0 Å². The first-order valence-electron chi connectivity index (χ1n) is 7.06. The first-order valence-corrected chi connectivity index (χ1v) is 7.94. The van der Waals surface area contributed by atoms with Gasteiger partial charge in [0.15, 0.2) is 5.17 Å². The minimum atomic E-state index is 0.734. The second-order valence-corrected chi connectivity index (χ2v) is 6.29. The molecule has 1 N–H and O–H groups in total. The number of amidine groups is 1. The van der Waals surface area contributed by atoms with Crippen LogP contribution in [0.5, 0.6) is 0 Å². The molecule has 2 aliphatic rings. The van der Waals surface area contributed by atoms with E-state index in [4.69, 9.17) is 0 Å². The number of hydrogen-bond acceptors (Lipinski definition) is 4. The van der Waals surface area contributed by atoms with Crippen LogP contribution in [0.15, 0.2) is 4.99 Å². The van der Waals surface area contributed by atoms with Crippen LogP contribution in [0, 0.1) is 0 Å². The zero-order valence-electron chi connectivity index (χ0n) is 11.0. The Labute approximate surface area is 109 Å². The Morgan fingerprint density at radius 3 is 2.94 bits per heavy atom. The fourth-order valence-corrected chi connectivity index (χ4v) is 3.64. The molecular weight excluding hydrogens is 230 g/mol. The molecule has 98 valence electrons. The summed E-state index contributed by atoms with van der Waals surface area (Å²) in [7, 11) is 0. The fraction of sp³-hybridized carbons (Fsp3) is 0.923. The van der Waals surface area contributed by atoms with Crippen molar-refractivity contribution in [2.24, 2.45) is 4.99 Å². The predicted octanol–water partition coefficient (Wildman–Crippen LogP) is 2.33. The van der Waals surface area contributed by atoms with E-state index in [0.717, 1.165) is 18.3 Å². The average molecular weight is 255 g/mol. The molecule has 2 rings (SSSR count). The summed E-state index contributed by atoms with van der Waals surface area (Å²) < 4.78 is 0. The van der Waals surface area contributed by atoms with E-state index in [9.17, 15) is 0 Å².